The van der Waals surface area contributed by atoms with Crippen molar-refractivity contribution in [2.45, 2.75) is 58.7 Å². The number of rotatable bonds is 15. The molecule has 0 aliphatic carbocycles. The first kappa shape index (κ1) is 32.7. The van der Waals surface area contributed by atoms with E-state index in [1.54, 1.807) is 34.5 Å². The van der Waals surface area contributed by atoms with Crippen molar-refractivity contribution in [1.29, 1.82) is 0 Å². The molecule has 2 N–H and O–H groups in total. The van der Waals surface area contributed by atoms with E-state index in [1.807, 2.05) is 64.1 Å². The lowest BCUT2D eigenvalue weighted by molar-refractivity contribution is -0.133. The molecule has 0 saturated heterocycles. The van der Waals surface area contributed by atoms with Crippen LogP contribution in [-0.4, -0.2) is 70.6 Å². The van der Waals surface area contributed by atoms with Crippen LogP contribution in [0.25, 0.3) is 0 Å². The smallest absolute Gasteiger partial charge is 0.260 e. The van der Waals surface area contributed by atoms with Gasteiger partial charge in [-0.25, -0.2) is 4.68 Å². The van der Waals surface area contributed by atoms with Gasteiger partial charge in [0.15, 0.2) is 18.1 Å². The first-order valence-electron chi connectivity index (χ1n) is 15.0. The number of anilines is 2. The summed E-state index contributed by atoms with van der Waals surface area (Å²) < 4.78 is 19.1. The number of methoxy groups -OCH3 is 1. The lowest BCUT2D eigenvalue weighted by Gasteiger charge is -2.29. The Morgan fingerprint density at radius 3 is 2.52 bits per heavy atom. The van der Waals surface area contributed by atoms with Crippen molar-refractivity contribution < 1.29 is 23.8 Å². The van der Waals surface area contributed by atoms with E-state index in [-0.39, 0.29) is 18.4 Å². The van der Waals surface area contributed by atoms with Gasteiger partial charge in [-0.05, 0) is 63.9 Å². The Labute approximate surface area is 263 Å². The molecule has 0 spiro atoms. The van der Waals surface area contributed by atoms with Crippen LogP contribution < -0.4 is 24.8 Å². The van der Waals surface area contributed by atoms with Gasteiger partial charge < -0.3 is 29.7 Å². The molecule has 236 valence electrons. The first-order chi connectivity index (χ1) is 21.3. The first-order valence-corrected chi connectivity index (χ1v) is 16.0. The van der Waals surface area contributed by atoms with Gasteiger partial charge in [0.05, 0.1) is 25.0 Å². The standard InChI is InChI=1S/C32H42N6O5S/c1-7-11-18-44-32-35-31-33-21(5)28(30(40)34-23-14-12-13-15-24(23)42-10-4)29(38(31)36-32)22-16-17-25(26(19-22)41-6)43-20-27(39)37(8-2)9-3/h12-17,19,29H,7-11,18,20H2,1-6H3,(H,34,40)(H,33,35,36). The van der Waals surface area contributed by atoms with Crippen molar-refractivity contribution in [1.82, 2.24) is 19.7 Å². The molecule has 3 aromatic rings. The normalized spacial score (nSPS) is 14.0. The van der Waals surface area contributed by atoms with Crippen LogP contribution in [0, 0.1) is 0 Å². The molecular formula is C32H42N6O5S. The third-order valence-corrected chi connectivity index (χ3v) is 8.14. The van der Waals surface area contributed by atoms with Crippen LogP contribution in [0.1, 0.15) is 59.1 Å². The minimum Gasteiger partial charge on any atom is -0.493 e. The summed E-state index contributed by atoms with van der Waals surface area (Å²) in [6.45, 7) is 11.3. The van der Waals surface area contributed by atoms with E-state index in [0.717, 1.165) is 24.2 Å². The summed E-state index contributed by atoms with van der Waals surface area (Å²) in [6.07, 6.45) is 2.12. The van der Waals surface area contributed by atoms with Crippen LogP contribution in [0.3, 0.4) is 0 Å². The molecule has 4 rings (SSSR count). The molecule has 11 nitrogen and oxygen atoms in total. The Morgan fingerprint density at radius 2 is 1.82 bits per heavy atom. The summed E-state index contributed by atoms with van der Waals surface area (Å²) in [5.41, 5.74) is 2.42. The van der Waals surface area contributed by atoms with Crippen LogP contribution in [0.2, 0.25) is 0 Å². The van der Waals surface area contributed by atoms with Gasteiger partial charge >= 0.3 is 0 Å². The number of ether oxygens (including phenoxy) is 3. The van der Waals surface area contributed by atoms with Crippen LogP contribution in [0.15, 0.2) is 58.9 Å². The maximum atomic E-state index is 14.0. The molecule has 1 aliphatic heterocycles. The summed E-state index contributed by atoms with van der Waals surface area (Å²) in [4.78, 5) is 33.0. The second-order valence-corrected chi connectivity index (χ2v) is 11.1. The number of aromatic nitrogens is 3. The fraction of sp³-hybridized carbons (Fsp3) is 0.438. The van der Waals surface area contributed by atoms with Crippen molar-refractivity contribution in [3.8, 4) is 17.2 Å². The Balaban J connectivity index is 1.72. The Kier molecular flexibility index (Phi) is 11.5. The van der Waals surface area contributed by atoms with E-state index < -0.39 is 6.04 Å². The lowest BCUT2D eigenvalue weighted by Crippen LogP contribution is -2.34. The number of nitrogens with zero attached hydrogens (tertiary/aromatic N) is 4. The molecular weight excluding hydrogens is 580 g/mol. The molecule has 44 heavy (non-hydrogen) atoms. The van der Waals surface area contributed by atoms with Gasteiger partial charge in [0.1, 0.15) is 11.8 Å². The third-order valence-electron chi connectivity index (χ3n) is 7.21. The number of hydrogen-bond acceptors (Lipinski definition) is 9. The van der Waals surface area contributed by atoms with E-state index >= 15 is 0 Å². The molecule has 0 radical (unpaired) electrons. The molecule has 0 bridgehead atoms. The monoisotopic (exact) mass is 622 g/mol. The molecule has 0 fully saturated rings. The molecule has 2 amide bonds. The van der Waals surface area contributed by atoms with Gasteiger partial charge in [0, 0.05) is 24.5 Å². The quantitative estimate of drug-likeness (QED) is 0.161. The van der Waals surface area contributed by atoms with Crippen LogP contribution in [0.5, 0.6) is 17.2 Å². The second kappa shape index (κ2) is 15.5. The molecule has 1 atom stereocenters. The number of amides is 2. The Bertz CT molecular complexity index is 1490. The van der Waals surface area contributed by atoms with Crippen LogP contribution in [0.4, 0.5) is 11.6 Å². The summed E-state index contributed by atoms with van der Waals surface area (Å²) >= 11 is 1.58. The highest BCUT2D eigenvalue weighted by atomic mass is 32.2. The van der Waals surface area contributed by atoms with E-state index in [0.29, 0.717) is 65.0 Å². The predicted molar refractivity (Wildman–Crippen MR) is 173 cm³/mol. The van der Waals surface area contributed by atoms with E-state index in [4.69, 9.17) is 24.3 Å². The van der Waals surface area contributed by atoms with E-state index in [9.17, 15) is 9.59 Å². The number of hydrogen-bond donors (Lipinski definition) is 2. The van der Waals surface area contributed by atoms with Crippen LogP contribution in [-0.2, 0) is 9.59 Å². The van der Waals surface area contributed by atoms with Gasteiger partial charge in [-0.15, -0.1) is 5.10 Å². The van der Waals surface area contributed by atoms with Gasteiger partial charge in [-0.1, -0.05) is 43.3 Å². The number of fused-ring (bicyclic) bond motifs is 1. The molecule has 2 heterocycles. The zero-order chi connectivity index (χ0) is 31.6. The zero-order valence-electron chi connectivity index (χ0n) is 26.3. The number of carbonyl (C=O) groups excluding carboxylic acids is 2. The topological polar surface area (TPSA) is 120 Å². The number of allylic oxidation sites excluding steroid dienone is 1. The number of thioether (sulfide) groups is 1. The minimum absolute atomic E-state index is 0.107. The van der Waals surface area contributed by atoms with Crippen molar-refractivity contribution in [2.24, 2.45) is 0 Å². The molecule has 1 aromatic heterocycles. The number of para-hydroxylation sites is 2. The number of benzene rings is 2. The fourth-order valence-electron chi connectivity index (χ4n) is 4.92. The van der Waals surface area contributed by atoms with Crippen molar-refractivity contribution >= 4 is 35.2 Å². The second-order valence-electron chi connectivity index (χ2n) is 10.1. The Morgan fingerprint density at radius 1 is 1.05 bits per heavy atom. The maximum absolute atomic E-state index is 14.0. The number of unbranched alkanes of at least 4 members (excludes halogenated alkanes) is 1. The van der Waals surface area contributed by atoms with Gasteiger partial charge in [0.2, 0.25) is 11.1 Å². The van der Waals surface area contributed by atoms with Gasteiger partial charge in [-0.2, -0.15) is 4.98 Å². The number of carbonyl (C=O) groups is 2. The van der Waals surface area contributed by atoms with Gasteiger partial charge in [-0.3, -0.25) is 9.59 Å². The molecule has 0 saturated carbocycles. The molecule has 12 heteroatoms. The highest BCUT2D eigenvalue weighted by Crippen LogP contribution is 2.40. The largest absolute Gasteiger partial charge is 0.493 e. The highest BCUT2D eigenvalue weighted by Gasteiger charge is 2.35. The summed E-state index contributed by atoms with van der Waals surface area (Å²) in [5, 5.41) is 11.8. The van der Waals surface area contributed by atoms with Crippen LogP contribution >= 0.6 is 11.8 Å². The van der Waals surface area contributed by atoms with Crippen molar-refractivity contribution in [2.75, 3.05) is 49.8 Å². The fourth-order valence-corrected chi connectivity index (χ4v) is 5.84. The van der Waals surface area contributed by atoms with Crippen molar-refractivity contribution in [3.63, 3.8) is 0 Å². The summed E-state index contributed by atoms with van der Waals surface area (Å²) in [6, 6.07) is 12.1. The Hall–Kier alpha value is -4.19. The predicted octanol–water partition coefficient (Wildman–Crippen LogP) is 5.75. The molecule has 1 aliphatic rings. The molecule has 2 aromatic carbocycles. The van der Waals surface area contributed by atoms with E-state index in [1.165, 1.54) is 0 Å². The third kappa shape index (κ3) is 7.47. The van der Waals surface area contributed by atoms with Gasteiger partial charge in [0.25, 0.3) is 11.8 Å². The summed E-state index contributed by atoms with van der Waals surface area (Å²) in [5.74, 6) is 2.47. The van der Waals surface area contributed by atoms with Crippen molar-refractivity contribution in [3.05, 3.63) is 59.3 Å². The number of likely N-dealkylation sites (N-methyl/N-ethyl adjacent to an activating group) is 1. The lowest BCUT2D eigenvalue weighted by atomic mass is 9.94. The average molecular weight is 623 g/mol. The SMILES string of the molecule is CCCCSc1nc2n(n1)C(c1ccc(OCC(=O)N(CC)CC)c(OC)c1)C(C(=O)Nc1ccccc1OCC)=C(C)N2. The maximum Gasteiger partial charge on any atom is 0.260 e. The summed E-state index contributed by atoms with van der Waals surface area (Å²) in [7, 11) is 1.54. The average Bonchev–Trinajstić information content (AvgIpc) is 3.43. The number of nitrogens with one attached hydrogen (secondary N) is 2. The highest BCUT2D eigenvalue weighted by molar-refractivity contribution is 7.99. The van der Waals surface area contributed by atoms with E-state index in [2.05, 4.69) is 17.6 Å². The zero-order valence-corrected chi connectivity index (χ0v) is 27.1. The minimum atomic E-state index is -0.626. The molecule has 1 unspecified atom stereocenters.